The number of thiophene rings is 1. The summed E-state index contributed by atoms with van der Waals surface area (Å²) in [7, 11) is 0. The number of nitrogens with zero attached hydrogens (tertiary/aromatic N) is 5. The van der Waals surface area contributed by atoms with Crippen LogP contribution >= 0.6 is 23.1 Å². The molecule has 0 spiro atoms. The first-order chi connectivity index (χ1) is 14.6. The number of tetrazole rings is 1. The van der Waals surface area contributed by atoms with Crippen molar-refractivity contribution in [2.75, 3.05) is 0 Å². The Morgan fingerprint density at radius 1 is 1.20 bits per heavy atom. The number of thioether (sulfide) groups is 1. The minimum absolute atomic E-state index is 0.0918. The molecule has 1 N–H and O–H groups in total. The largest absolute Gasteiger partial charge is 0.309 e. The van der Waals surface area contributed by atoms with E-state index in [2.05, 4.69) is 51.7 Å². The Hall–Kier alpha value is -2.52. The molecule has 0 bridgehead atoms. The molecule has 0 saturated heterocycles. The Morgan fingerprint density at radius 3 is 2.73 bits per heavy atom. The van der Waals surface area contributed by atoms with Crippen LogP contribution in [0.2, 0.25) is 0 Å². The van der Waals surface area contributed by atoms with Crippen molar-refractivity contribution in [2.24, 2.45) is 0 Å². The SMILES string of the molecule is Cc1ccc(-c2c(C)sc3nc(CSc4nnnn4C4CCCC4)[nH]c(=O)c23)cc1. The predicted molar refractivity (Wildman–Crippen MR) is 120 cm³/mol. The van der Waals surface area contributed by atoms with Crippen molar-refractivity contribution in [2.45, 2.75) is 56.5 Å². The molecule has 1 aliphatic carbocycles. The van der Waals surface area contributed by atoms with Gasteiger partial charge >= 0.3 is 0 Å². The van der Waals surface area contributed by atoms with Crippen molar-refractivity contribution >= 4 is 33.3 Å². The van der Waals surface area contributed by atoms with E-state index in [-0.39, 0.29) is 5.56 Å². The lowest BCUT2D eigenvalue weighted by Crippen LogP contribution is -2.11. The van der Waals surface area contributed by atoms with Gasteiger partial charge in [-0.3, -0.25) is 4.79 Å². The van der Waals surface area contributed by atoms with Crippen LogP contribution in [0, 0.1) is 13.8 Å². The highest BCUT2D eigenvalue weighted by molar-refractivity contribution is 7.98. The highest BCUT2D eigenvalue weighted by atomic mass is 32.2. The zero-order valence-electron chi connectivity index (χ0n) is 16.9. The molecule has 3 heterocycles. The minimum atomic E-state index is -0.0918. The summed E-state index contributed by atoms with van der Waals surface area (Å²) in [5, 5.41) is 13.7. The fraction of sp³-hybridized carbons (Fsp3) is 0.381. The van der Waals surface area contributed by atoms with Crippen LogP contribution in [-0.2, 0) is 5.75 Å². The van der Waals surface area contributed by atoms with E-state index in [1.165, 1.54) is 30.2 Å². The van der Waals surface area contributed by atoms with Gasteiger partial charge < -0.3 is 4.98 Å². The normalized spacial score (nSPS) is 14.7. The first kappa shape index (κ1) is 19.4. The van der Waals surface area contributed by atoms with E-state index in [1.807, 2.05) is 11.6 Å². The van der Waals surface area contributed by atoms with E-state index in [0.29, 0.717) is 23.0 Å². The van der Waals surface area contributed by atoms with Gasteiger partial charge in [-0.15, -0.1) is 16.4 Å². The first-order valence-electron chi connectivity index (χ1n) is 10.1. The molecule has 0 radical (unpaired) electrons. The van der Waals surface area contributed by atoms with Gasteiger partial charge in [0.1, 0.15) is 10.7 Å². The fourth-order valence-electron chi connectivity index (χ4n) is 4.09. The molecule has 4 aromatic rings. The summed E-state index contributed by atoms with van der Waals surface area (Å²) < 4.78 is 1.93. The van der Waals surface area contributed by atoms with Crippen molar-refractivity contribution < 1.29 is 0 Å². The molecule has 9 heteroatoms. The third-order valence-electron chi connectivity index (χ3n) is 5.60. The molecule has 154 valence electrons. The van der Waals surface area contributed by atoms with Crippen molar-refractivity contribution in [3.63, 3.8) is 0 Å². The van der Waals surface area contributed by atoms with Crippen molar-refractivity contribution in [1.82, 2.24) is 30.2 Å². The second-order valence-electron chi connectivity index (χ2n) is 7.73. The Bertz CT molecular complexity index is 1250. The van der Waals surface area contributed by atoms with Gasteiger partial charge in [0.15, 0.2) is 0 Å². The molecule has 1 saturated carbocycles. The zero-order valence-corrected chi connectivity index (χ0v) is 18.5. The van der Waals surface area contributed by atoms with Crippen LogP contribution in [0.15, 0.2) is 34.2 Å². The topological polar surface area (TPSA) is 89.3 Å². The third kappa shape index (κ3) is 3.56. The molecule has 30 heavy (non-hydrogen) atoms. The van der Waals surface area contributed by atoms with Gasteiger partial charge in [-0.2, -0.15) is 0 Å². The van der Waals surface area contributed by atoms with Gasteiger partial charge in [-0.25, -0.2) is 9.67 Å². The lowest BCUT2D eigenvalue weighted by molar-refractivity contribution is 0.423. The van der Waals surface area contributed by atoms with Crippen molar-refractivity contribution in [3.05, 3.63) is 50.9 Å². The standard InChI is InChI=1S/C21H22N6OS2/c1-12-7-9-14(10-8-12)17-13(2)30-20-18(17)19(28)22-16(23-20)11-29-21-24-25-26-27(21)15-5-3-4-6-15/h7-10,15H,3-6,11H2,1-2H3,(H,22,23,28). The van der Waals surface area contributed by atoms with Crippen molar-refractivity contribution in [1.29, 1.82) is 0 Å². The number of aromatic amines is 1. The monoisotopic (exact) mass is 438 g/mol. The molecule has 0 unspecified atom stereocenters. The van der Waals surface area contributed by atoms with E-state index in [1.54, 1.807) is 11.3 Å². The van der Waals surface area contributed by atoms with E-state index in [4.69, 9.17) is 4.98 Å². The third-order valence-corrected chi connectivity index (χ3v) is 7.54. The number of aromatic nitrogens is 6. The summed E-state index contributed by atoms with van der Waals surface area (Å²) >= 11 is 3.09. The lowest BCUT2D eigenvalue weighted by atomic mass is 10.0. The van der Waals surface area contributed by atoms with Crippen LogP contribution in [0.3, 0.4) is 0 Å². The number of hydrogen-bond donors (Lipinski definition) is 1. The van der Waals surface area contributed by atoms with Gasteiger partial charge in [0.25, 0.3) is 5.56 Å². The molecule has 1 aliphatic rings. The van der Waals surface area contributed by atoms with Crippen LogP contribution in [0.1, 0.15) is 48.0 Å². The van der Waals surface area contributed by atoms with Crippen LogP contribution < -0.4 is 5.56 Å². The highest BCUT2D eigenvalue weighted by Crippen LogP contribution is 2.36. The number of benzene rings is 1. The minimum Gasteiger partial charge on any atom is -0.309 e. The average molecular weight is 439 g/mol. The maximum atomic E-state index is 13.0. The number of aryl methyl sites for hydroxylation is 2. The second-order valence-corrected chi connectivity index (χ2v) is 9.87. The Kier molecular flexibility index (Phi) is 5.16. The van der Waals surface area contributed by atoms with Crippen molar-refractivity contribution in [3.8, 4) is 11.1 Å². The van der Waals surface area contributed by atoms with Crippen LogP contribution in [0.4, 0.5) is 0 Å². The quantitative estimate of drug-likeness (QED) is 0.456. The smallest absolute Gasteiger partial charge is 0.260 e. The number of H-pyrrole nitrogens is 1. The summed E-state index contributed by atoms with van der Waals surface area (Å²) in [4.78, 5) is 22.6. The van der Waals surface area contributed by atoms with E-state index >= 15 is 0 Å². The first-order valence-corrected chi connectivity index (χ1v) is 11.9. The fourth-order valence-corrected chi connectivity index (χ4v) is 5.97. The maximum absolute atomic E-state index is 13.0. The van der Waals surface area contributed by atoms with Crippen LogP contribution in [0.25, 0.3) is 21.3 Å². The summed E-state index contributed by atoms with van der Waals surface area (Å²) in [5.74, 6) is 1.17. The van der Waals surface area contributed by atoms with Gasteiger partial charge in [0.2, 0.25) is 5.16 Å². The van der Waals surface area contributed by atoms with Crippen LogP contribution in [-0.4, -0.2) is 30.2 Å². The molecular formula is C21H22N6OS2. The summed E-state index contributed by atoms with van der Waals surface area (Å²) in [5.41, 5.74) is 3.13. The van der Waals surface area contributed by atoms with Gasteiger partial charge in [-0.1, -0.05) is 54.4 Å². The van der Waals surface area contributed by atoms with Gasteiger partial charge in [-0.05, 0) is 42.7 Å². The van der Waals surface area contributed by atoms with E-state index in [9.17, 15) is 4.79 Å². The predicted octanol–water partition coefficient (Wildman–Crippen LogP) is 4.66. The Balaban J connectivity index is 1.44. The molecule has 3 aromatic heterocycles. The number of nitrogens with one attached hydrogen (secondary N) is 1. The molecule has 0 aliphatic heterocycles. The molecule has 7 nitrogen and oxygen atoms in total. The molecule has 0 amide bonds. The molecule has 5 rings (SSSR count). The molecular weight excluding hydrogens is 416 g/mol. The Morgan fingerprint density at radius 2 is 1.97 bits per heavy atom. The van der Waals surface area contributed by atoms with Crippen LogP contribution in [0.5, 0.6) is 0 Å². The molecule has 1 fully saturated rings. The van der Waals surface area contributed by atoms with E-state index < -0.39 is 0 Å². The average Bonchev–Trinajstić information content (AvgIpc) is 3.46. The van der Waals surface area contributed by atoms with E-state index in [0.717, 1.165) is 38.8 Å². The summed E-state index contributed by atoms with van der Waals surface area (Å²) in [6.45, 7) is 4.11. The summed E-state index contributed by atoms with van der Waals surface area (Å²) in [6.07, 6.45) is 4.69. The number of rotatable bonds is 5. The molecule has 0 atom stereocenters. The number of fused-ring (bicyclic) bond motifs is 1. The zero-order chi connectivity index (χ0) is 20.7. The number of hydrogen-bond acceptors (Lipinski definition) is 7. The van der Waals surface area contributed by atoms with Gasteiger partial charge in [0, 0.05) is 10.4 Å². The Labute approximate surface area is 181 Å². The van der Waals surface area contributed by atoms with Gasteiger partial charge in [0.05, 0.1) is 17.2 Å². The second kappa shape index (κ2) is 7.96. The molecule has 1 aromatic carbocycles. The summed E-state index contributed by atoms with van der Waals surface area (Å²) in [6, 6.07) is 8.65. The maximum Gasteiger partial charge on any atom is 0.260 e. The lowest BCUT2D eigenvalue weighted by Gasteiger charge is -2.10. The highest BCUT2D eigenvalue weighted by Gasteiger charge is 2.22.